The van der Waals surface area contributed by atoms with Gasteiger partial charge < -0.3 is 23.8 Å². The third-order valence-electron chi connectivity index (χ3n) is 11.0. The molecule has 2 aliphatic heterocycles. The number of nitrogens with zero attached hydrogens (tertiary/aromatic N) is 1. The fraction of sp³-hybridized carbons (Fsp3) is 0.600. The molecule has 0 aromatic heterocycles. The minimum absolute atomic E-state index is 0.00294. The van der Waals surface area contributed by atoms with Crippen molar-refractivity contribution in [2.24, 2.45) is 17.3 Å². The van der Waals surface area contributed by atoms with Crippen LogP contribution in [-0.4, -0.2) is 57.1 Å². The van der Waals surface area contributed by atoms with Crippen molar-refractivity contribution < 1.29 is 18.9 Å². The van der Waals surface area contributed by atoms with Crippen molar-refractivity contribution in [1.29, 1.82) is 0 Å². The lowest BCUT2D eigenvalue weighted by atomic mass is 9.32. The molecule has 2 aromatic rings. The largest absolute Gasteiger partial charge is 0.493 e. The SMILES string of the molecule is COc1ccc2c3c1OC1[C@@]4(OC)CC[C@@]5([C@@H](C)[C@@H]4COCc4ccccc4)[C@@H](C2)N(C)CC[C@]315. The first-order valence-electron chi connectivity index (χ1n) is 13.3. The van der Waals surface area contributed by atoms with Crippen LogP contribution in [0.1, 0.15) is 42.9 Å². The average molecular weight is 476 g/mol. The van der Waals surface area contributed by atoms with Crippen molar-refractivity contribution in [2.75, 3.05) is 34.4 Å². The van der Waals surface area contributed by atoms with Crippen LogP contribution in [0.5, 0.6) is 11.5 Å². The summed E-state index contributed by atoms with van der Waals surface area (Å²) < 4.78 is 26.0. The summed E-state index contributed by atoms with van der Waals surface area (Å²) >= 11 is 0. The van der Waals surface area contributed by atoms with Gasteiger partial charge in [-0.25, -0.2) is 0 Å². The van der Waals surface area contributed by atoms with Crippen LogP contribution >= 0.6 is 0 Å². The van der Waals surface area contributed by atoms with Crippen molar-refractivity contribution in [2.45, 2.75) is 62.4 Å². The minimum atomic E-state index is -0.364. The van der Waals surface area contributed by atoms with Crippen molar-refractivity contribution >= 4 is 0 Å². The molecule has 0 N–H and O–H groups in total. The molecule has 0 radical (unpaired) electrons. The number of rotatable bonds is 6. The maximum absolute atomic E-state index is 7.08. The summed E-state index contributed by atoms with van der Waals surface area (Å²) in [5, 5.41) is 0. The number of benzene rings is 2. The predicted molar refractivity (Wildman–Crippen MR) is 134 cm³/mol. The maximum Gasteiger partial charge on any atom is 0.165 e. The highest BCUT2D eigenvalue weighted by molar-refractivity contribution is 5.63. The number of hydrogen-bond acceptors (Lipinski definition) is 5. The summed E-state index contributed by atoms with van der Waals surface area (Å²) in [6, 6.07) is 15.4. The van der Waals surface area contributed by atoms with E-state index in [0.29, 0.717) is 25.2 Å². The Morgan fingerprint density at radius 2 is 1.89 bits per heavy atom. The summed E-state index contributed by atoms with van der Waals surface area (Å²) in [5.74, 6) is 2.60. The Balaban J connectivity index is 1.36. The van der Waals surface area contributed by atoms with Gasteiger partial charge in [-0.15, -0.1) is 0 Å². The third kappa shape index (κ3) is 2.45. The minimum Gasteiger partial charge on any atom is -0.493 e. The molecule has 6 aliphatic rings. The van der Waals surface area contributed by atoms with E-state index >= 15 is 0 Å². The first-order valence-corrected chi connectivity index (χ1v) is 13.3. The fourth-order valence-electron chi connectivity index (χ4n) is 9.66. The summed E-state index contributed by atoms with van der Waals surface area (Å²) in [6.07, 6.45) is 4.40. The van der Waals surface area contributed by atoms with E-state index in [2.05, 4.69) is 61.3 Å². The quantitative estimate of drug-likeness (QED) is 0.611. The standard InChI is InChI=1S/C30H37NO4/c1-19-22(18-34-17-20-8-6-5-7-9-20)30(33-4)13-12-28(19)24-16-21-10-11-23(32-3)26-25(21)29(28,27(30)35-26)14-15-31(24)2/h5-11,19,22,24,27H,12-18H2,1-4H3/t19-,22-,24+,27?,28+,29-,30+/m0/s1. The lowest BCUT2D eigenvalue weighted by Gasteiger charge is -2.76. The summed E-state index contributed by atoms with van der Waals surface area (Å²) in [5.41, 5.74) is 3.88. The van der Waals surface area contributed by atoms with Gasteiger partial charge in [-0.05, 0) is 62.4 Å². The number of piperidine rings is 1. The average Bonchev–Trinajstić information content (AvgIpc) is 3.25. The highest BCUT2D eigenvalue weighted by Crippen LogP contribution is 2.78. The van der Waals surface area contributed by atoms with Gasteiger partial charge in [-0.2, -0.15) is 0 Å². The molecule has 35 heavy (non-hydrogen) atoms. The number of likely N-dealkylation sites (tertiary alicyclic amines) is 1. The van der Waals surface area contributed by atoms with Crippen LogP contribution in [0.15, 0.2) is 42.5 Å². The fourth-order valence-corrected chi connectivity index (χ4v) is 9.66. The van der Waals surface area contributed by atoms with Crippen LogP contribution in [0.2, 0.25) is 0 Å². The molecule has 0 amide bonds. The molecule has 4 fully saturated rings. The van der Waals surface area contributed by atoms with E-state index in [9.17, 15) is 0 Å². The van der Waals surface area contributed by atoms with Crippen LogP contribution in [-0.2, 0) is 27.9 Å². The molecule has 4 aliphatic carbocycles. The molecule has 3 saturated carbocycles. The number of hydrogen-bond donors (Lipinski definition) is 0. The van der Waals surface area contributed by atoms with Gasteiger partial charge in [0.15, 0.2) is 11.5 Å². The predicted octanol–water partition coefficient (Wildman–Crippen LogP) is 4.60. The first-order chi connectivity index (χ1) is 17.0. The molecule has 2 heterocycles. The Morgan fingerprint density at radius 3 is 2.66 bits per heavy atom. The van der Waals surface area contributed by atoms with Crippen LogP contribution < -0.4 is 9.47 Å². The number of methoxy groups -OCH3 is 2. The van der Waals surface area contributed by atoms with Crippen LogP contribution in [0.4, 0.5) is 0 Å². The molecule has 1 unspecified atom stereocenters. The maximum atomic E-state index is 7.08. The first kappa shape index (κ1) is 22.1. The van der Waals surface area contributed by atoms with E-state index < -0.39 is 0 Å². The second kappa shape index (κ2) is 7.47. The van der Waals surface area contributed by atoms with E-state index in [0.717, 1.165) is 37.3 Å². The lowest BCUT2D eigenvalue weighted by Crippen LogP contribution is -2.83. The van der Waals surface area contributed by atoms with Gasteiger partial charge in [0.2, 0.25) is 0 Å². The lowest BCUT2D eigenvalue weighted by molar-refractivity contribution is -0.306. The molecule has 1 saturated heterocycles. The summed E-state index contributed by atoms with van der Waals surface area (Å²) in [7, 11) is 6.01. The number of fused-ring (bicyclic) bond motifs is 2. The van der Waals surface area contributed by atoms with Gasteiger partial charge in [0.05, 0.1) is 20.3 Å². The Bertz CT molecular complexity index is 1150. The Kier molecular flexibility index (Phi) is 4.73. The van der Waals surface area contributed by atoms with Crippen LogP contribution in [0.3, 0.4) is 0 Å². The monoisotopic (exact) mass is 475 g/mol. The van der Waals surface area contributed by atoms with E-state index in [-0.39, 0.29) is 28.5 Å². The van der Waals surface area contributed by atoms with Gasteiger partial charge in [0.1, 0.15) is 11.7 Å². The highest BCUT2D eigenvalue weighted by atomic mass is 16.6. The molecule has 5 heteroatoms. The zero-order chi connectivity index (χ0) is 24.0. The zero-order valence-electron chi connectivity index (χ0n) is 21.4. The van der Waals surface area contributed by atoms with Crippen LogP contribution in [0.25, 0.3) is 0 Å². The molecular weight excluding hydrogens is 438 g/mol. The molecule has 2 spiro atoms. The van der Waals surface area contributed by atoms with Gasteiger partial charge in [0.25, 0.3) is 0 Å². The van der Waals surface area contributed by atoms with E-state index in [1.807, 2.05) is 7.11 Å². The Hall–Kier alpha value is -2.08. The van der Waals surface area contributed by atoms with Gasteiger partial charge in [0, 0.05) is 35.5 Å². The van der Waals surface area contributed by atoms with Crippen molar-refractivity contribution in [1.82, 2.24) is 4.90 Å². The van der Waals surface area contributed by atoms with Crippen molar-refractivity contribution in [3.63, 3.8) is 0 Å². The topological polar surface area (TPSA) is 40.2 Å². The molecule has 2 aromatic carbocycles. The normalized spacial score (nSPS) is 40.3. The van der Waals surface area contributed by atoms with Crippen molar-refractivity contribution in [3.8, 4) is 11.5 Å². The molecule has 4 bridgehead atoms. The third-order valence-corrected chi connectivity index (χ3v) is 11.0. The van der Waals surface area contributed by atoms with Crippen LogP contribution in [0, 0.1) is 17.3 Å². The molecule has 186 valence electrons. The van der Waals surface area contributed by atoms with Crippen molar-refractivity contribution in [3.05, 3.63) is 59.2 Å². The van der Waals surface area contributed by atoms with Gasteiger partial charge >= 0.3 is 0 Å². The Labute approximate surface area is 208 Å². The van der Waals surface area contributed by atoms with E-state index in [4.69, 9.17) is 18.9 Å². The molecule has 7 atom stereocenters. The van der Waals surface area contributed by atoms with E-state index in [1.54, 1.807) is 7.11 Å². The van der Waals surface area contributed by atoms with Gasteiger partial charge in [-0.1, -0.05) is 43.3 Å². The Morgan fingerprint density at radius 1 is 1.06 bits per heavy atom. The highest BCUT2D eigenvalue weighted by Gasteiger charge is 2.82. The molecular formula is C30H37NO4. The number of likely N-dealkylation sites (N-methyl/N-ethyl adjacent to an activating group) is 1. The number of ether oxygens (including phenoxy) is 4. The second-order valence-corrected chi connectivity index (χ2v) is 11.6. The van der Waals surface area contributed by atoms with E-state index in [1.165, 1.54) is 23.1 Å². The second-order valence-electron chi connectivity index (χ2n) is 11.6. The zero-order valence-corrected chi connectivity index (χ0v) is 21.4. The molecule has 8 rings (SSSR count). The van der Waals surface area contributed by atoms with Gasteiger partial charge in [-0.3, -0.25) is 0 Å². The smallest absolute Gasteiger partial charge is 0.165 e. The molecule has 5 nitrogen and oxygen atoms in total. The summed E-state index contributed by atoms with van der Waals surface area (Å²) in [4.78, 5) is 2.65. The summed E-state index contributed by atoms with van der Waals surface area (Å²) in [6.45, 7) is 4.92.